The SMILES string of the molecule is CC(O)c1cc2cccc(F)c2nc1Cl.Fc1cccc2ccc(Cl)nc12. The van der Waals surface area contributed by atoms with Gasteiger partial charge in [0, 0.05) is 16.3 Å². The number of fused-ring (bicyclic) bond motifs is 2. The second-order valence-corrected chi connectivity index (χ2v) is 6.55. The summed E-state index contributed by atoms with van der Waals surface area (Å²) in [5.74, 6) is -0.749. The lowest BCUT2D eigenvalue weighted by Crippen LogP contribution is -1.96. The van der Waals surface area contributed by atoms with Crippen LogP contribution in [0.25, 0.3) is 21.8 Å². The second kappa shape index (κ2) is 8.13. The number of aliphatic hydroxyl groups is 1. The molecule has 3 nitrogen and oxygen atoms in total. The van der Waals surface area contributed by atoms with Crippen molar-refractivity contribution in [2.24, 2.45) is 0 Å². The predicted octanol–water partition coefficient (Wildman–Crippen LogP) is 6.11. The van der Waals surface area contributed by atoms with Gasteiger partial charge in [0.15, 0.2) is 0 Å². The fourth-order valence-corrected chi connectivity index (χ4v) is 2.98. The molecule has 1 unspecified atom stereocenters. The smallest absolute Gasteiger partial charge is 0.149 e. The highest BCUT2D eigenvalue weighted by Crippen LogP contribution is 2.26. The molecule has 1 N–H and O–H groups in total. The zero-order valence-electron chi connectivity index (χ0n) is 14.1. The topological polar surface area (TPSA) is 46.0 Å². The molecule has 27 heavy (non-hydrogen) atoms. The highest BCUT2D eigenvalue weighted by molar-refractivity contribution is 6.30. The molecule has 1 atom stereocenters. The van der Waals surface area contributed by atoms with Crippen LogP contribution in [0.1, 0.15) is 18.6 Å². The van der Waals surface area contributed by atoms with Crippen molar-refractivity contribution in [3.8, 4) is 0 Å². The van der Waals surface area contributed by atoms with Gasteiger partial charge in [0.2, 0.25) is 0 Å². The second-order valence-electron chi connectivity index (χ2n) is 5.80. The number of aliphatic hydroxyl groups excluding tert-OH is 1. The third-order valence-corrected chi connectivity index (χ3v) is 4.38. The van der Waals surface area contributed by atoms with E-state index in [1.54, 1.807) is 49.4 Å². The summed E-state index contributed by atoms with van der Waals surface area (Å²) in [4.78, 5) is 7.79. The largest absolute Gasteiger partial charge is 0.389 e. The fourth-order valence-electron chi connectivity index (χ4n) is 2.54. The van der Waals surface area contributed by atoms with E-state index in [-0.39, 0.29) is 16.5 Å². The number of hydrogen-bond donors (Lipinski definition) is 1. The van der Waals surface area contributed by atoms with Gasteiger partial charge in [-0.3, -0.25) is 0 Å². The van der Waals surface area contributed by atoms with Crippen molar-refractivity contribution in [1.82, 2.24) is 9.97 Å². The van der Waals surface area contributed by atoms with Crippen molar-refractivity contribution < 1.29 is 13.9 Å². The van der Waals surface area contributed by atoms with Gasteiger partial charge >= 0.3 is 0 Å². The number of aromatic nitrogens is 2. The predicted molar refractivity (Wildman–Crippen MR) is 104 cm³/mol. The van der Waals surface area contributed by atoms with Crippen LogP contribution >= 0.6 is 23.2 Å². The molecule has 2 aromatic carbocycles. The number of para-hydroxylation sites is 2. The number of hydrogen-bond acceptors (Lipinski definition) is 3. The highest BCUT2D eigenvalue weighted by Gasteiger charge is 2.11. The molecule has 0 aliphatic rings. The molecule has 0 bridgehead atoms. The number of pyridine rings is 2. The molecular formula is C20H14Cl2F2N2O. The van der Waals surface area contributed by atoms with Gasteiger partial charge in [-0.25, -0.2) is 18.7 Å². The summed E-state index contributed by atoms with van der Waals surface area (Å²) in [6.45, 7) is 1.59. The Morgan fingerprint density at radius 1 is 0.852 bits per heavy atom. The third-order valence-electron chi connectivity index (χ3n) is 3.86. The average Bonchev–Trinajstić information content (AvgIpc) is 2.63. The normalized spacial score (nSPS) is 11.9. The zero-order valence-corrected chi connectivity index (χ0v) is 15.6. The lowest BCUT2D eigenvalue weighted by Gasteiger charge is -2.08. The maximum absolute atomic E-state index is 13.3. The van der Waals surface area contributed by atoms with E-state index < -0.39 is 11.9 Å². The van der Waals surface area contributed by atoms with Gasteiger partial charge in [-0.15, -0.1) is 0 Å². The van der Waals surface area contributed by atoms with E-state index in [1.807, 2.05) is 0 Å². The number of benzene rings is 2. The molecule has 2 heterocycles. The Labute approximate surface area is 164 Å². The Morgan fingerprint density at radius 3 is 2.07 bits per heavy atom. The van der Waals surface area contributed by atoms with Crippen molar-refractivity contribution in [3.63, 3.8) is 0 Å². The molecule has 0 aliphatic carbocycles. The molecule has 0 spiro atoms. The van der Waals surface area contributed by atoms with Crippen LogP contribution in [0.4, 0.5) is 8.78 Å². The maximum Gasteiger partial charge on any atom is 0.149 e. The molecule has 0 amide bonds. The van der Waals surface area contributed by atoms with Crippen LogP contribution in [0.3, 0.4) is 0 Å². The van der Waals surface area contributed by atoms with Crippen LogP contribution in [-0.4, -0.2) is 15.1 Å². The van der Waals surface area contributed by atoms with Gasteiger partial charge in [-0.1, -0.05) is 47.5 Å². The van der Waals surface area contributed by atoms with Gasteiger partial charge in [0.25, 0.3) is 0 Å². The summed E-state index contributed by atoms with van der Waals surface area (Å²) >= 11 is 11.4. The van der Waals surface area contributed by atoms with E-state index in [0.29, 0.717) is 21.6 Å². The van der Waals surface area contributed by atoms with Crippen LogP contribution < -0.4 is 0 Å². The van der Waals surface area contributed by atoms with Crippen LogP contribution in [0.5, 0.6) is 0 Å². The van der Waals surface area contributed by atoms with Crippen molar-refractivity contribution in [1.29, 1.82) is 0 Å². The minimum Gasteiger partial charge on any atom is -0.389 e. The first kappa shape index (κ1) is 19.4. The first-order valence-electron chi connectivity index (χ1n) is 8.00. The fraction of sp³-hybridized carbons (Fsp3) is 0.100. The molecule has 0 aliphatic heterocycles. The Balaban J connectivity index is 0.000000159. The number of rotatable bonds is 1. The summed E-state index contributed by atoms with van der Waals surface area (Å²) in [6, 6.07) is 14.5. The molecule has 2 aromatic heterocycles. The molecule has 0 fully saturated rings. The molecule has 7 heteroatoms. The van der Waals surface area contributed by atoms with Crippen LogP contribution in [-0.2, 0) is 0 Å². The summed E-state index contributed by atoms with van der Waals surface area (Å²) in [5.41, 5.74) is 1.06. The Hall–Kier alpha value is -2.34. The first-order chi connectivity index (χ1) is 12.9. The molecular weight excluding hydrogens is 393 g/mol. The lowest BCUT2D eigenvalue weighted by molar-refractivity contribution is 0.199. The van der Waals surface area contributed by atoms with Crippen LogP contribution in [0.2, 0.25) is 10.3 Å². The Kier molecular flexibility index (Phi) is 5.85. The van der Waals surface area contributed by atoms with E-state index in [4.69, 9.17) is 23.2 Å². The average molecular weight is 407 g/mol. The highest BCUT2D eigenvalue weighted by atomic mass is 35.5. The minimum atomic E-state index is -0.710. The zero-order chi connectivity index (χ0) is 19.6. The number of halogens is 4. The summed E-state index contributed by atoms with van der Waals surface area (Å²) in [5, 5.41) is 11.3. The number of nitrogens with zero attached hydrogens (tertiary/aromatic N) is 2. The molecule has 4 aromatic rings. The van der Waals surface area contributed by atoms with Crippen molar-refractivity contribution >= 4 is 45.0 Å². The third kappa shape index (κ3) is 4.33. The van der Waals surface area contributed by atoms with Gasteiger partial charge in [0.1, 0.15) is 33.0 Å². The molecule has 0 saturated carbocycles. The van der Waals surface area contributed by atoms with E-state index in [1.165, 1.54) is 12.1 Å². The molecule has 138 valence electrons. The van der Waals surface area contributed by atoms with Crippen molar-refractivity contribution in [2.45, 2.75) is 13.0 Å². The maximum atomic E-state index is 13.3. The standard InChI is InChI=1S/C11H9ClFNO.C9H5ClFN/c1-6(15)8-5-7-3-2-4-9(13)10(7)14-11(8)12;10-8-5-4-6-2-1-3-7(11)9(6)12-8/h2-6,15H,1H3;1-5H. The van der Waals surface area contributed by atoms with Crippen molar-refractivity contribution in [2.75, 3.05) is 0 Å². The molecule has 0 saturated heterocycles. The van der Waals surface area contributed by atoms with Crippen LogP contribution in [0, 0.1) is 11.6 Å². The Bertz CT molecular complexity index is 1120. The summed E-state index contributed by atoms with van der Waals surface area (Å²) in [6.07, 6.45) is -0.710. The van der Waals surface area contributed by atoms with E-state index >= 15 is 0 Å². The molecule has 4 rings (SSSR count). The summed E-state index contributed by atoms with van der Waals surface area (Å²) in [7, 11) is 0. The van der Waals surface area contributed by atoms with E-state index in [0.717, 1.165) is 5.39 Å². The van der Waals surface area contributed by atoms with Gasteiger partial charge in [-0.2, -0.15) is 0 Å². The van der Waals surface area contributed by atoms with Gasteiger partial charge in [-0.05, 0) is 37.3 Å². The van der Waals surface area contributed by atoms with Gasteiger partial charge < -0.3 is 5.11 Å². The van der Waals surface area contributed by atoms with Crippen molar-refractivity contribution in [3.05, 3.63) is 82.1 Å². The first-order valence-corrected chi connectivity index (χ1v) is 8.76. The minimum absolute atomic E-state index is 0.141. The quantitative estimate of drug-likeness (QED) is 0.388. The van der Waals surface area contributed by atoms with Crippen LogP contribution in [0.15, 0.2) is 54.6 Å². The monoisotopic (exact) mass is 406 g/mol. The van der Waals surface area contributed by atoms with E-state index in [2.05, 4.69) is 9.97 Å². The summed E-state index contributed by atoms with van der Waals surface area (Å²) < 4.78 is 26.4. The molecule has 0 radical (unpaired) electrons. The lowest BCUT2D eigenvalue weighted by atomic mass is 10.1. The Morgan fingerprint density at radius 2 is 1.44 bits per heavy atom. The van der Waals surface area contributed by atoms with E-state index in [9.17, 15) is 13.9 Å². The van der Waals surface area contributed by atoms with Gasteiger partial charge in [0.05, 0.1) is 6.10 Å².